The highest BCUT2D eigenvalue weighted by molar-refractivity contribution is 5.91. The second-order valence-corrected chi connectivity index (χ2v) is 12.5. The van der Waals surface area contributed by atoms with Crippen LogP contribution in [-0.4, -0.2) is 24.8 Å². The molecule has 7 atom stereocenters. The summed E-state index contributed by atoms with van der Waals surface area (Å²) in [5.41, 5.74) is 0.954. The third kappa shape index (κ3) is 3.57. The van der Waals surface area contributed by atoms with Crippen molar-refractivity contribution in [1.29, 1.82) is 0 Å². The van der Waals surface area contributed by atoms with Crippen molar-refractivity contribution in [2.45, 2.75) is 97.7 Å². The van der Waals surface area contributed by atoms with E-state index in [1.165, 1.54) is 44.9 Å². The number of ether oxygens (including phenoxy) is 2. The number of rotatable bonds is 4. The third-order valence-corrected chi connectivity index (χ3v) is 10.9. The topological polar surface area (TPSA) is 35.5 Å². The van der Waals surface area contributed by atoms with Gasteiger partial charge in [-0.1, -0.05) is 33.8 Å². The number of carbonyl (C=O) groups excluding carboxylic acids is 1. The van der Waals surface area contributed by atoms with E-state index in [9.17, 15) is 4.79 Å². The van der Waals surface area contributed by atoms with E-state index in [1.807, 2.05) is 19.9 Å². The molecule has 174 valence electrons. The number of fused-ring (bicyclic) bond motifs is 5. The van der Waals surface area contributed by atoms with Gasteiger partial charge in [0.05, 0.1) is 13.2 Å². The number of hydrogen-bond donors (Lipinski definition) is 0. The summed E-state index contributed by atoms with van der Waals surface area (Å²) in [6.45, 7) is 10.8. The van der Waals surface area contributed by atoms with Gasteiger partial charge < -0.3 is 9.47 Å². The zero-order chi connectivity index (χ0) is 21.9. The molecule has 31 heavy (non-hydrogen) atoms. The molecule has 5 rings (SSSR count). The van der Waals surface area contributed by atoms with E-state index in [0.29, 0.717) is 10.8 Å². The van der Waals surface area contributed by atoms with Crippen molar-refractivity contribution in [3.63, 3.8) is 0 Å². The second kappa shape index (κ2) is 7.97. The molecule has 7 unspecified atom stereocenters. The maximum absolute atomic E-state index is 12.0. The number of allylic oxidation sites excluding steroid dienone is 2. The van der Waals surface area contributed by atoms with Gasteiger partial charge in [-0.05, 0) is 97.9 Å². The van der Waals surface area contributed by atoms with Crippen LogP contribution in [-0.2, 0) is 14.3 Å². The van der Waals surface area contributed by atoms with Gasteiger partial charge in [0.25, 0.3) is 0 Å². The second-order valence-electron chi connectivity index (χ2n) is 12.5. The molecule has 1 spiro atoms. The van der Waals surface area contributed by atoms with Crippen LogP contribution in [0.1, 0.15) is 91.9 Å². The predicted octanol–water partition coefficient (Wildman–Crippen LogP) is 6.56. The van der Waals surface area contributed by atoms with Gasteiger partial charge in [-0.25, -0.2) is 0 Å². The van der Waals surface area contributed by atoms with Gasteiger partial charge in [0.1, 0.15) is 0 Å². The molecule has 5 aliphatic rings. The van der Waals surface area contributed by atoms with E-state index in [-0.39, 0.29) is 17.5 Å². The average Bonchev–Trinajstić information content (AvgIpc) is 3.33. The lowest BCUT2D eigenvalue weighted by Gasteiger charge is -2.62. The molecule has 1 aliphatic heterocycles. The Bertz CT molecular complexity index is 720. The van der Waals surface area contributed by atoms with Gasteiger partial charge in [-0.15, -0.1) is 0 Å². The Morgan fingerprint density at radius 3 is 2.42 bits per heavy atom. The summed E-state index contributed by atoms with van der Waals surface area (Å²) >= 11 is 0. The molecule has 0 bridgehead atoms. The lowest BCUT2D eigenvalue weighted by molar-refractivity contribution is -0.229. The SMILES string of the molecule is CC(C)C(=O)/C=C/CC1CCC2C3CCC4CC5(CCC4(C)C3CCC12C)OCCO5. The minimum absolute atomic E-state index is 0.115. The lowest BCUT2D eigenvalue weighted by atomic mass is 9.44. The van der Waals surface area contributed by atoms with E-state index in [1.54, 1.807) is 0 Å². The first-order chi connectivity index (χ1) is 14.8. The fourth-order valence-electron chi connectivity index (χ4n) is 8.99. The van der Waals surface area contributed by atoms with Crippen molar-refractivity contribution in [3.05, 3.63) is 12.2 Å². The van der Waals surface area contributed by atoms with Crippen LogP contribution in [0.15, 0.2) is 12.2 Å². The monoisotopic (exact) mass is 428 g/mol. The highest BCUT2D eigenvalue weighted by Gasteiger charge is 2.61. The quantitative estimate of drug-likeness (QED) is 0.476. The normalized spacial score (nSPS) is 46.3. The van der Waals surface area contributed by atoms with Gasteiger partial charge in [0.15, 0.2) is 11.6 Å². The molecule has 0 aromatic heterocycles. The smallest absolute Gasteiger partial charge is 0.168 e. The zero-order valence-electron chi connectivity index (χ0n) is 20.3. The molecule has 4 saturated carbocycles. The molecule has 0 aromatic rings. The van der Waals surface area contributed by atoms with E-state index < -0.39 is 0 Å². The highest BCUT2D eigenvalue weighted by Crippen LogP contribution is 2.68. The fraction of sp³-hybridized carbons (Fsp3) is 0.893. The van der Waals surface area contributed by atoms with Crippen molar-refractivity contribution < 1.29 is 14.3 Å². The lowest BCUT2D eigenvalue weighted by Crippen LogP contribution is -2.56. The molecular formula is C28H44O3. The number of ketones is 1. The summed E-state index contributed by atoms with van der Waals surface area (Å²) in [6.07, 6.45) is 17.0. The van der Waals surface area contributed by atoms with Crippen molar-refractivity contribution in [2.24, 2.45) is 46.3 Å². The highest BCUT2D eigenvalue weighted by atomic mass is 16.7. The summed E-state index contributed by atoms with van der Waals surface area (Å²) in [5.74, 6) is 4.37. The van der Waals surface area contributed by atoms with Crippen LogP contribution in [0, 0.1) is 46.3 Å². The van der Waals surface area contributed by atoms with Crippen molar-refractivity contribution in [3.8, 4) is 0 Å². The molecule has 4 aliphatic carbocycles. The Hall–Kier alpha value is -0.670. The van der Waals surface area contributed by atoms with Crippen LogP contribution in [0.5, 0.6) is 0 Å². The largest absolute Gasteiger partial charge is 0.348 e. The Morgan fingerprint density at radius 2 is 1.68 bits per heavy atom. The molecule has 3 nitrogen and oxygen atoms in total. The molecular weight excluding hydrogens is 384 g/mol. The van der Waals surface area contributed by atoms with Gasteiger partial charge in [-0.3, -0.25) is 4.79 Å². The minimum Gasteiger partial charge on any atom is -0.348 e. The number of hydrogen-bond acceptors (Lipinski definition) is 3. The maximum atomic E-state index is 12.0. The molecule has 3 heteroatoms. The zero-order valence-corrected chi connectivity index (χ0v) is 20.3. The van der Waals surface area contributed by atoms with Crippen LogP contribution in [0.2, 0.25) is 0 Å². The van der Waals surface area contributed by atoms with Gasteiger partial charge >= 0.3 is 0 Å². The van der Waals surface area contributed by atoms with E-state index in [0.717, 1.165) is 62.1 Å². The summed E-state index contributed by atoms with van der Waals surface area (Å²) < 4.78 is 12.3. The van der Waals surface area contributed by atoms with Crippen molar-refractivity contribution in [2.75, 3.05) is 13.2 Å². The van der Waals surface area contributed by atoms with Crippen LogP contribution >= 0.6 is 0 Å². The molecule has 0 amide bonds. The number of carbonyl (C=O) groups is 1. The molecule has 0 N–H and O–H groups in total. The summed E-state index contributed by atoms with van der Waals surface area (Å²) in [4.78, 5) is 12.0. The van der Waals surface area contributed by atoms with Gasteiger partial charge in [0.2, 0.25) is 0 Å². The van der Waals surface area contributed by atoms with Crippen LogP contribution < -0.4 is 0 Å². The molecule has 1 heterocycles. The summed E-state index contributed by atoms with van der Waals surface area (Å²) in [7, 11) is 0. The Balaban J connectivity index is 1.29. The predicted molar refractivity (Wildman–Crippen MR) is 123 cm³/mol. The minimum atomic E-state index is -0.238. The fourth-order valence-corrected chi connectivity index (χ4v) is 8.99. The van der Waals surface area contributed by atoms with Gasteiger partial charge in [0, 0.05) is 18.8 Å². The first-order valence-corrected chi connectivity index (χ1v) is 13.3. The van der Waals surface area contributed by atoms with Crippen LogP contribution in [0.25, 0.3) is 0 Å². The molecule has 0 aromatic carbocycles. The summed E-state index contributed by atoms with van der Waals surface area (Å²) in [6, 6.07) is 0. The first kappa shape index (κ1) is 22.1. The standard InChI is InChI=1S/C28H44O3/c1-19(2)25(29)7-5-6-20-9-11-23-22-10-8-21-18-28(30-16-17-31-28)15-14-27(21,4)24(22)12-13-26(20,23)3/h5,7,19-24H,6,8-18H2,1-4H3/b7-5+. The third-order valence-electron chi connectivity index (χ3n) is 10.9. The molecule has 5 fully saturated rings. The molecule has 1 saturated heterocycles. The van der Waals surface area contributed by atoms with E-state index in [2.05, 4.69) is 19.9 Å². The van der Waals surface area contributed by atoms with E-state index in [4.69, 9.17) is 9.47 Å². The molecule has 0 radical (unpaired) electrons. The van der Waals surface area contributed by atoms with Crippen LogP contribution in [0.4, 0.5) is 0 Å². The Labute approximate surface area is 189 Å². The maximum Gasteiger partial charge on any atom is 0.168 e. The first-order valence-electron chi connectivity index (χ1n) is 13.3. The Morgan fingerprint density at radius 1 is 0.935 bits per heavy atom. The summed E-state index contributed by atoms with van der Waals surface area (Å²) in [5, 5.41) is 0. The van der Waals surface area contributed by atoms with Gasteiger partial charge in [-0.2, -0.15) is 0 Å². The average molecular weight is 429 g/mol. The van der Waals surface area contributed by atoms with E-state index >= 15 is 0 Å². The Kier molecular flexibility index (Phi) is 5.70. The van der Waals surface area contributed by atoms with Crippen molar-refractivity contribution >= 4 is 5.78 Å². The van der Waals surface area contributed by atoms with Crippen LogP contribution in [0.3, 0.4) is 0 Å². The van der Waals surface area contributed by atoms with Crippen molar-refractivity contribution in [1.82, 2.24) is 0 Å².